The number of rotatable bonds is 7. The fraction of sp³-hybridized carbons (Fsp3) is 0.500. The number of aromatic nitrogens is 4. The SMILES string of the molecule is CC1=CN(c2nnc(-c3ccc(-c4cnc(N5CCC(OC6CCCCC6)CC5)nc4)cc3)s2)CCC1C=O. The molecule has 3 aliphatic rings. The number of piperidine rings is 1. The molecule has 1 aromatic carbocycles. The van der Waals surface area contributed by atoms with E-state index in [0.717, 1.165) is 83.5 Å². The molecule has 1 saturated carbocycles. The fourth-order valence-electron chi connectivity index (χ4n) is 5.79. The zero-order chi connectivity index (χ0) is 26.6. The molecule has 1 unspecified atom stereocenters. The Labute approximate surface area is 234 Å². The van der Waals surface area contributed by atoms with Crippen molar-refractivity contribution in [2.45, 2.75) is 70.5 Å². The van der Waals surface area contributed by atoms with Gasteiger partial charge in [-0.25, -0.2) is 9.97 Å². The number of allylic oxidation sites excluding steroid dienone is 1. The molecular formula is C30H36N6O2S. The topological polar surface area (TPSA) is 84.3 Å². The second-order valence-corrected chi connectivity index (χ2v) is 11.9. The van der Waals surface area contributed by atoms with Gasteiger partial charge < -0.3 is 19.3 Å². The molecule has 0 amide bonds. The van der Waals surface area contributed by atoms with Gasteiger partial charge in [0, 0.05) is 55.3 Å². The first-order chi connectivity index (χ1) is 19.2. The maximum Gasteiger partial charge on any atom is 0.225 e. The zero-order valence-corrected chi connectivity index (χ0v) is 23.4. The molecule has 0 radical (unpaired) electrons. The van der Waals surface area contributed by atoms with E-state index in [2.05, 4.69) is 44.3 Å². The molecule has 8 nitrogen and oxygen atoms in total. The number of aldehydes is 1. The largest absolute Gasteiger partial charge is 0.375 e. The first kappa shape index (κ1) is 26.1. The minimum atomic E-state index is 0.0111. The highest BCUT2D eigenvalue weighted by Gasteiger charge is 2.25. The summed E-state index contributed by atoms with van der Waals surface area (Å²) in [5.74, 6) is 0.811. The average molecular weight is 545 g/mol. The summed E-state index contributed by atoms with van der Waals surface area (Å²) >= 11 is 1.56. The number of anilines is 2. The molecule has 1 aliphatic carbocycles. The van der Waals surface area contributed by atoms with Gasteiger partial charge in [-0.05, 0) is 50.2 Å². The third-order valence-electron chi connectivity index (χ3n) is 8.21. The monoisotopic (exact) mass is 544 g/mol. The van der Waals surface area contributed by atoms with Crippen molar-refractivity contribution in [3.63, 3.8) is 0 Å². The normalized spacial score (nSPS) is 21.2. The van der Waals surface area contributed by atoms with Crippen LogP contribution in [0.1, 0.15) is 58.3 Å². The van der Waals surface area contributed by atoms with E-state index in [4.69, 9.17) is 14.7 Å². The van der Waals surface area contributed by atoms with Crippen LogP contribution in [-0.2, 0) is 9.53 Å². The summed E-state index contributed by atoms with van der Waals surface area (Å²) in [7, 11) is 0. The minimum Gasteiger partial charge on any atom is -0.375 e. The summed E-state index contributed by atoms with van der Waals surface area (Å²) in [6.07, 6.45) is 17.1. The van der Waals surface area contributed by atoms with Gasteiger partial charge in [0.05, 0.1) is 12.2 Å². The van der Waals surface area contributed by atoms with Crippen molar-refractivity contribution in [1.29, 1.82) is 0 Å². The number of ether oxygens (including phenoxy) is 1. The third-order valence-corrected chi connectivity index (χ3v) is 9.22. The Morgan fingerprint density at radius 3 is 2.23 bits per heavy atom. The van der Waals surface area contributed by atoms with Gasteiger partial charge in [-0.2, -0.15) is 0 Å². The average Bonchev–Trinajstić information content (AvgIpc) is 3.49. The number of carbonyl (C=O) groups is 1. The highest BCUT2D eigenvalue weighted by molar-refractivity contribution is 7.18. The maximum atomic E-state index is 11.2. The van der Waals surface area contributed by atoms with E-state index in [-0.39, 0.29) is 5.92 Å². The van der Waals surface area contributed by atoms with Gasteiger partial charge >= 0.3 is 0 Å². The standard InChI is InChI=1S/C30H36N6O2S/c1-21-19-36(14-11-24(21)20-37)30-34-33-28(39-30)23-9-7-22(8-10-23)25-17-31-29(32-18-25)35-15-12-27(13-16-35)38-26-5-3-2-4-6-26/h7-10,17-20,24,26-27H,2-6,11-16H2,1H3. The summed E-state index contributed by atoms with van der Waals surface area (Å²) in [6.45, 7) is 4.66. The molecular weight excluding hydrogens is 508 g/mol. The molecule has 0 spiro atoms. The zero-order valence-electron chi connectivity index (χ0n) is 22.5. The smallest absolute Gasteiger partial charge is 0.225 e. The molecule has 0 N–H and O–H groups in total. The van der Waals surface area contributed by atoms with Crippen molar-refractivity contribution in [1.82, 2.24) is 20.2 Å². The van der Waals surface area contributed by atoms with Crippen molar-refractivity contribution in [3.8, 4) is 21.7 Å². The van der Waals surface area contributed by atoms with Crippen LogP contribution in [0.25, 0.3) is 21.7 Å². The number of nitrogens with zero attached hydrogens (tertiary/aromatic N) is 6. The Morgan fingerprint density at radius 2 is 1.54 bits per heavy atom. The Bertz CT molecular complexity index is 1280. The van der Waals surface area contributed by atoms with Gasteiger partial charge in [0.1, 0.15) is 11.3 Å². The quantitative estimate of drug-likeness (QED) is 0.340. The summed E-state index contributed by atoms with van der Waals surface area (Å²) in [4.78, 5) is 24.9. The predicted octanol–water partition coefficient (Wildman–Crippen LogP) is 5.91. The molecule has 39 heavy (non-hydrogen) atoms. The number of benzene rings is 1. The Balaban J connectivity index is 1.05. The van der Waals surface area contributed by atoms with Crippen molar-refractivity contribution >= 4 is 28.7 Å². The number of hydrogen-bond donors (Lipinski definition) is 0. The summed E-state index contributed by atoms with van der Waals surface area (Å²) in [5, 5.41) is 10.5. The minimum absolute atomic E-state index is 0.0111. The lowest BCUT2D eigenvalue weighted by atomic mass is 9.96. The van der Waals surface area contributed by atoms with E-state index >= 15 is 0 Å². The van der Waals surface area contributed by atoms with E-state index in [1.807, 2.05) is 25.5 Å². The van der Waals surface area contributed by atoms with Gasteiger partial charge in [-0.1, -0.05) is 54.9 Å². The van der Waals surface area contributed by atoms with E-state index < -0.39 is 0 Å². The third kappa shape index (κ3) is 6.04. The molecule has 2 aliphatic heterocycles. The second kappa shape index (κ2) is 11.9. The van der Waals surface area contributed by atoms with E-state index in [1.165, 1.54) is 32.1 Å². The first-order valence-corrected chi connectivity index (χ1v) is 15.0. The summed E-state index contributed by atoms with van der Waals surface area (Å²) in [5.41, 5.74) is 4.17. The summed E-state index contributed by atoms with van der Waals surface area (Å²) < 4.78 is 6.39. The molecule has 2 aromatic heterocycles. The van der Waals surface area contributed by atoms with Gasteiger partial charge in [0.15, 0.2) is 0 Å². The van der Waals surface area contributed by atoms with Crippen LogP contribution in [0.2, 0.25) is 0 Å². The molecule has 3 aromatic rings. The van der Waals surface area contributed by atoms with Crippen molar-refractivity contribution in [3.05, 3.63) is 48.4 Å². The van der Waals surface area contributed by atoms with Crippen LogP contribution < -0.4 is 9.80 Å². The molecule has 1 saturated heterocycles. The van der Waals surface area contributed by atoms with Crippen LogP contribution in [0.4, 0.5) is 11.1 Å². The van der Waals surface area contributed by atoms with Gasteiger partial charge in [0.2, 0.25) is 11.1 Å². The van der Waals surface area contributed by atoms with Gasteiger partial charge in [-0.3, -0.25) is 0 Å². The van der Waals surface area contributed by atoms with Crippen LogP contribution in [0.5, 0.6) is 0 Å². The van der Waals surface area contributed by atoms with E-state index in [0.29, 0.717) is 12.2 Å². The number of carbonyl (C=O) groups excluding carboxylic acids is 1. The molecule has 9 heteroatoms. The highest BCUT2D eigenvalue weighted by Crippen LogP contribution is 2.33. The van der Waals surface area contributed by atoms with E-state index in [1.54, 1.807) is 11.3 Å². The van der Waals surface area contributed by atoms with Crippen molar-refractivity contribution in [2.75, 3.05) is 29.4 Å². The lowest BCUT2D eigenvalue weighted by Gasteiger charge is -2.34. The molecule has 204 valence electrons. The first-order valence-electron chi connectivity index (χ1n) is 14.2. The molecule has 6 rings (SSSR count). The molecule has 0 bridgehead atoms. The van der Waals surface area contributed by atoms with Gasteiger partial charge in [0.25, 0.3) is 0 Å². The van der Waals surface area contributed by atoms with Crippen LogP contribution in [0.15, 0.2) is 48.4 Å². The van der Waals surface area contributed by atoms with Gasteiger partial charge in [-0.15, -0.1) is 10.2 Å². The predicted molar refractivity (Wildman–Crippen MR) is 155 cm³/mol. The van der Waals surface area contributed by atoms with Crippen LogP contribution in [-0.4, -0.2) is 58.3 Å². The number of hydrogen-bond acceptors (Lipinski definition) is 9. The van der Waals surface area contributed by atoms with Crippen molar-refractivity contribution < 1.29 is 9.53 Å². The van der Waals surface area contributed by atoms with E-state index in [9.17, 15) is 4.79 Å². The lowest BCUT2D eigenvalue weighted by Crippen LogP contribution is -2.39. The van der Waals surface area contributed by atoms with Crippen molar-refractivity contribution in [2.24, 2.45) is 5.92 Å². The fourth-order valence-corrected chi connectivity index (χ4v) is 6.64. The highest BCUT2D eigenvalue weighted by atomic mass is 32.1. The Kier molecular flexibility index (Phi) is 7.97. The summed E-state index contributed by atoms with van der Waals surface area (Å²) in [6, 6.07) is 8.32. The Morgan fingerprint density at radius 1 is 0.846 bits per heavy atom. The van der Waals surface area contributed by atoms with Crippen LogP contribution >= 0.6 is 11.3 Å². The maximum absolute atomic E-state index is 11.2. The lowest BCUT2D eigenvalue weighted by molar-refractivity contribution is -0.110. The van der Waals surface area contributed by atoms with Crippen LogP contribution in [0, 0.1) is 5.92 Å². The molecule has 2 fully saturated rings. The molecule has 4 heterocycles. The molecule has 1 atom stereocenters. The Hall–Kier alpha value is -3.17. The second-order valence-electron chi connectivity index (χ2n) is 10.9. The van der Waals surface area contributed by atoms with Crippen LogP contribution in [0.3, 0.4) is 0 Å².